The molecule has 172 valence electrons. The van der Waals surface area contributed by atoms with Crippen LogP contribution in [0, 0.1) is 0 Å². The highest BCUT2D eigenvalue weighted by molar-refractivity contribution is 6.35. The molecule has 0 radical (unpaired) electrons. The molecule has 35 heavy (non-hydrogen) atoms. The van der Waals surface area contributed by atoms with Crippen molar-refractivity contribution in [3.8, 4) is 11.3 Å². The summed E-state index contributed by atoms with van der Waals surface area (Å²) >= 11 is 12.4. The Morgan fingerprint density at radius 2 is 1.71 bits per heavy atom. The zero-order valence-corrected chi connectivity index (χ0v) is 19.6. The molecule has 0 bridgehead atoms. The average molecular weight is 501 g/mol. The molecule has 0 saturated heterocycles. The number of carboxylic acid groups (broad SMARTS) is 1. The minimum atomic E-state index is -1.32. The largest absolute Gasteiger partial charge is 0.545 e. The van der Waals surface area contributed by atoms with Gasteiger partial charge in [-0.25, -0.2) is 0 Å². The average Bonchev–Trinajstić information content (AvgIpc) is 3.46. The van der Waals surface area contributed by atoms with E-state index in [1.807, 2.05) is 30.3 Å². The number of aromatic carboxylic acids is 1. The highest BCUT2D eigenvalue weighted by atomic mass is 35.5. The standard InChI is InChI=1S/C28H17Cl2NO4/c29-20-9-11-24(30)23(16-20)26-12-10-22(35-26)14-19-15-25(17-5-2-1-3-6-17)31(27(19)32)21-8-4-7-18(13-21)28(33)34/h1-16H,(H,33,34)/p-1/b19-14+. The first kappa shape index (κ1) is 22.7. The summed E-state index contributed by atoms with van der Waals surface area (Å²) in [6.45, 7) is 0. The molecule has 0 unspecified atom stereocenters. The summed E-state index contributed by atoms with van der Waals surface area (Å²) in [7, 11) is 0. The molecule has 5 rings (SSSR count). The third-order valence-electron chi connectivity index (χ3n) is 5.51. The van der Waals surface area contributed by atoms with E-state index in [2.05, 4.69) is 0 Å². The number of halogens is 2. The van der Waals surface area contributed by atoms with Gasteiger partial charge in [0.1, 0.15) is 11.5 Å². The number of hydrogen-bond donors (Lipinski definition) is 0. The van der Waals surface area contributed by atoms with Gasteiger partial charge in [-0.2, -0.15) is 0 Å². The van der Waals surface area contributed by atoms with Crippen LogP contribution in [0.2, 0.25) is 10.0 Å². The number of benzene rings is 3. The first-order valence-corrected chi connectivity index (χ1v) is 11.4. The van der Waals surface area contributed by atoms with Gasteiger partial charge in [0, 0.05) is 21.8 Å². The third-order valence-corrected chi connectivity index (χ3v) is 6.08. The van der Waals surface area contributed by atoms with Crippen LogP contribution in [0.5, 0.6) is 0 Å². The molecular weight excluding hydrogens is 485 g/mol. The van der Waals surface area contributed by atoms with Crippen LogP contribution in [0.15, 0.2) is 101 Å². The second kappa shape index (κ2) is 9.29. The van der Waals surface area contributed by atoms with E-state index in [0.717, 1.165) is 5.56 Å². The van der Waals surface area contributed by atoms with Gasteiger partial charge in [-0.15, -0.1) is 0 Å². The van der Waals surface area contributed by atoms with Crippen molar-refractivity contribution in [1.82, 2.24) is 0 Å². The van der Waals surface area contributed by atoms with Crippen LogP contribution in [0.25, 0.3) is 23.1 Å². The van der Waals surface area contributed by atoms with E-state index in [1.165, 1.54) is 17.0 Å². The van der Waals surface area contributed by atoms with Crippen LogP contribution in [-0.4, -0.2) is 11.9 Å². The van der Waals surface area contributed by atoms with E-state index in [1.54, 1.807) is 54.6 Å². The predicted molar refractivity (Wildman–Crippen MR) is 135 cm³/mol. The number of furan rings is 1. The van der Waals surface area contributed by atoms with Gasteiger partial charge in [-0.3, -0.25) is 9.69 Å². The first-order valence-electron chi connectivity index (χ1n) is 10.6. The van der Waals surface area contributed by atoms with Gasteiger partial charge in [0.2, 0.25) is 0 Å². The molecule has 0 aliphatic carbocycles. The topological polar surface area (TPSA) is 73.6 Å². The number of carboxylic acids is 1. The van der Waals surface area contributed by atoms with Crippen molar-refractivity contribution in [3.05, 3.63) is 124 Å². The van der Waals surface area contributed by atoms with Gasteiger partial charge in [0.05, 0.1) is 16.7 Å². The molecule has 5 nitrogen and oxygen atoms in total. The number of rotatable bonds is 5. The fraction of sp³-hybridized carbons (Fsp3) is 0. The van der Waals surface area contributed by atoms with Gasteiger partial charge < -0.3 is 14.3 Å². The minimum absolute atomic E-state index is 0.0192. The van der Waals surface area contributed by atoms with Crippen LogP contribution in [0.3, 0.4) is 0 Å². The zero-order chi connectivity index (χ0) is 24.5. The van der Waals surface area contributed by atoms with Crippen LogP contribution >= 0.6 is 23.2 Å². The van der Waals surface area contributed by atoms with Crippen LogP contribution in [0.1, 0.15) is 21.7 Å². The summed E-state index contributed by atoms with van der Waals surface area (Å²) in [4.78, 5) is 26.4. The molecule has 0 fully saturated rings. The molecular formula is C28H16Cl2NO4-. The lowest BCUT2D eigenvalue weighted by Crippen LogP contribution is -2.26. The Kier molecular flexibility index (Phi) is 6.03. The van der Waals surface area contributed by atoms with Crippen LogP contribution < -0.4 is 10.0 Å². The van der Waals surface area contributed by atoms with Crippen molar-refractivity contribution < 1.29 is 19.1 Å². The van der Waals surface area contributed by atoms with Crippen molar-refractivity contribution in [1.29, 1.82) is 0 Å². The Balaban J connectivity index is 1.56. The van der Waals surface area contributed by atoms with E-state index in [9.17, 15) is 14.7 Å². The van der Waals surface area contributed by atoms with Crippen molar-refractivity contribution in [2.24, 2.45) is 0 Å². The second-order valence-electron chi connectivity index (χ2n) is 7.80. The fourth-order valence-corrected chi connectivity index (χ4v) is 4.26. The zero-order valence-electron chi connectivity index (χ0n) is 18.1. The van der Waals surface area contributed by atoms with Gasteiger partial charge in [-0.1, -0.05) is 65.7 Å². The summed E-state index contributed by atoms with van der Waals surface area (Å²) in [5.74, 6) is -0.672. The smallest absolute Gasteiger partial charge is 0.263 e. The maximum absolute atomic E-state index is 13.5. The molecule has 2 heterocycles. The van der Waals surface area contributed by atoms with E-state index in [0.29, 0.717) is 44.1 Å². The highest BCUT2D eigenvalue weighted by Gasteiger charge is 2.31. The third kappa shape index (κ3) is 4.52. The van der Waals surface area contributed by atoms with Crippen molar-refractivity contribution in [3.63, 3.8) is 0 Å². The first-order chi connectivity index (χ1) is 16.9. The monoisotopic (exact) mass is 500 g/mol. The lowest BCUT2D eigenvalue weighted by atomic mass is 10.1. The number of carbonyl (C=O) groups is 2. The molecule has 1 aromatic heterocycles. The summed E-state index contributed by atoms with van der Waals surface area (Å²) in [5.41, 5.74) is 2.83. The normalized spacial score (nSPS) is 14.5. The van der Waals surface area contributed by atoms with Crippen molar-refractivity contribution in [2.75, 3.05) is 4.90 Å². The number of amides is 1. The van der Waals surface area contributed by atoms with Gasteiger partial charge in [-0.05, 0) is 65.7 Å². The van der Waals surface area contributed by atoms with Crippen LogP contribution in [0.4, 0.5) is 5.69 Å². The minimum Gasteiger partial charge on any atom is -0.545 e. The Morgan fingerprint density at radius 1 is 0.914 bits per heavy atom. The van der Waals surface area contributed by atoms with E-state index in [-0.39, 0.29) is 11.5 Å². The summed E-state index contributed by atoms with van der Waals surface area (Å²) in [6, 6.07) is 24.0. The highest BCUT2D eigenvalue weighted by Crippen LogP contribution is 2.37. The molecule has 7 heteroatoms. The Bertz CT molecular complexity index is 1520. The molecule has 1 amide bonds. The maximum Gasteiger partial charge on any atom is 0.263 e. The van der Waals surface area contributed by atoms with Gasteiger partial charge in [0.15, 0.2) is 0 Å². The Labute approximate surface area is 211 Å². The molecule has 0 spiro atoms. The molecule has 1 aliphatic rings. The number of nitrogens with zero attached hydrogens (tertiary/aromatic N) is 1. The summed E-state index contributed by atoms with van der Waals surface area (Å²) in [6.07, 6.45) is 3.38. The van der Waals surface area contributed by atoms with Gasteiger partial charge >= 0.3 is 0 Å². The molecule has 3 aromatic carbocycles. The second-order valence-corrected chi connectivity index (χ2v) is 8.64. The number of anilines is 1. The lowest BCUT2D eigenvalue weighted by molar-refractivity contribution is -0.255. The van der Waals surface area contributed by atoms with E-state index in [4.69, 9.17) is 27.6 Å². The summed E-state index contributed by atoms with van der Waals surface area (Å²) < 4.78 is 5.94. The van der Waals surface area contributed by atoms with Crippen molar-refractivity contribution >= 4 is 52.5 Å². The molecule has 1 aliphatic heterocycles. The van der Waals surface area contributed by atoms with E-state index < -0.39 is 5.97 Å². The summed E-state index contributed by atoms with van der Waals surface area (Å²) in [5, 5.41) is 12.4. The lowest BCUT2D eigenvalue weighted by Gasteiger charge is -2.21. The molecule has 4 aromatic rings. The molecule has 0 saturated carbocycles. The fourth-order valence-electron chi connectivity index (χ4n) is 3.88. The van der Waals surface area contributed by atoms with Crippen LogP contribution in [-0.2, 0) is 4.79 Å². The Hall–Kier alpha value is -4.06. The molecule has 0 atom stereocenters. The molecule has 0 N–H and O–H groups in total. The predicted octanol–water partition coefficient (Wildman–Crippen LogP) is 6.09. The maximum atomic E-state index is 13.5. The van der Waals surface area contributed by atoms with Crippen molar-refractivity contribution in [2.45, 2.75) is 0 Å². The van der Waals surface area contributed by atoms with Gasteiger partial charge in [0.25, 0.3) is 5.91 Å². The SMILES string of the molecule is O=C([O-])c1cccc(N2C(=O)/C(=C/c3ccc(-c4cc(Cl)ccc4Cl)o3)C=C2c2ccccc2)c1. The Morgan fingerprint density at radius 3 is 2.49 bits per heavy atom. The van der Waals surface area contributed by atoms with E-state index >= 15 is 0 Å². The number of hydrogen-bond acceptors (Lipinski definition) is 4. The number of carbonyl (C=O) groups excluding carboxylic acids is 2. The quantitative estimate of drug-likeness (QED) is 0.311.